The molecule has 0 bridgehead atoms. The van der Waals surface area contributed by atoms with Crippen molar-refractivity contribution >= 4 is 39.6 Å². The van der Waals surface area contributed by atoms with Crippen LogP contribution in [0.4, 0.5) is 20.4 Å². The quantitative estimate of drug-likeness (QED) is 0.244. The Hall–Kier alpha value is -4.70. The molecule has 16 heteroatoms. The van der Waals surface area contributed by atoms with Crippen LogP contribution in [0.2, 0.25) is 0 Å². The Morgan fingerprint density at radius 3 is 2.31 bits per heavy atom. The van der Waals surface area contributed by atoms with Crippen molar-refractivity contribution in [3.63, 3.8) is 0 Å². The number of aromatic nitrogens is 2. The number of benzene rings is 2. The van der Waals surface area contributed by atoms with Crippen molar-refractivity contribution in [2.75, 3.05) is 29.9 Å². The normalized spacial score (nSPS) is 14.6. The van der Waals surface area contributed by atoms with E-state index in [1.807, 2.05) is 0 Å². The van der Waals surface area contributed by atoms with E-state index < -0.39 is 62.6 Å². The molecule has 2 aromatic carbocycles. The molecule has 1 aromatic heterocycles. The van der Waals surface area contributed by atoms with E-state index in [1.165, 1.54) is 6.07 Å². The minimum atomic E-state index is -4.64. The molecule has 3 aromatic rings. The predicted octanol–water partition coefficient (Wildman–Crippen LogP) is 1.52. The molecule has 13 nitrogen and oxygen atoms in total. The van der Waals surface area contributed by atoms with E-state index in [2.05, 4.69) is 24.8 Å². The fourth-order valence-electron chi connectivity index (χ4n) is 4.14. The van der Waals surface area contributed by atoms with Crippen molar-refractivity contribution in [2.45, 2.75) is 29.8 Å². The van der Waals surface area contributed by atoms with Crippen LogP contribution in [0, 0.1) is 11.6 Å². The first kappa shape index (κ1) is 30.3. The standard InChI is InChI=1S/C26H26F2N6O7S/c27-21-18(6-7-20(22(21)28)34-12-8-16(9-13-34)33-26-30-10-1-11-31-26)23(35)32-14-19(29)25(38)41-42(39,40)17-4-2-15(3-5-17)24(36)37/h1-7,10-11,16,19H,8-9,12-14,29H2,(H,32,35)(H,36,37)(H,30,31,33)/t19-/m0/s1. The molecular weight excluding hydrogens is 578 g/mol. The van der Waals surface area contributed by atoms with E-state index in [9.17, 15) is 31.6 Å². The lowest BCUT2D eigenvalue weighted by Gasteiger charge is -2.34. The molecule has 0 radical (unpaired) electrons. The van der Waals surface area contributed by atoms with Gasteiger partial charge in [-0.25, -0.2) is 28.3 Å². The largest absolute Gasteiger partial charge is 0.478 e. The number of carbonyl (C=O) groups excluding carboxylic acids is 2. The zero-order valence-electron chi connectivity index (χ0n) is 21.9. The van der Waals surface area contributed by atoms with Crippen LogP contribution in [0.1, 0.15) is 33.6 Å². The number of anilines is 2. The SMILES string of the molecule is N[C@@H](CNC(=O)c1ccc(N2CCC(Nc3ncccn3)CC2)c(F)c1F)C(=O)OS(=O)(=O)c1ccc(C(=O)O)cc1. The summed E-state index contributed by atoms with van der Waals surface area (Å²) in [6, 6.07) is 6.30. The number of aromatic carboxylic acids is 1. The van der Waals surface area contributed by atoms with Gasteiger partial charge in [-0.1, -0.05) is 0 Å². The van der Waals surface area contributed by atoms with Gasteiger partial charge in [-0.15, -0.1) is 0 Å². The Kier molecular flexibility index (Phi) is 9.27. The van der Waals surface area contributed by atoms with Gasteiger partial charge >= 0.3 is 22.1 Å². The van der Waals surface area contributed by atoms with E-state index in [-0.39, 0.29) is 17.3 Å². The zero-order valence-corrected chi connectivity index (χ0v) is 22.7. The highest BCUT2D eigenvalue weighted by atomic mass is 32.2. The fraction of sp³-hybridized carbons (Fsp3) is 0.269. The first-order valence-corrected chi connectivity index (χ1v) is 14.0. The van der Waals surface area contributed by atoms with Crippen LogP contribution in [0.15, 0.2) is 59.8 Å². The van der Waals surface area contributed by atoms with E-state index in [0.717, 1.165) is 30.3 Å². The molecule has 0 spiro atoms. The predicted molar refractivity (Wildman–Crippen MR) is 144 cm³/mol. The number of amides is 1. The fourth-order valence-corrected chi connectivity index (χ4v) is 5.05. The monoisotopic (exact) mass is 604 g/mol. The Bertz CT molecular complexity index is 1570. The van der Waals surface area contributed by atoms with Gasteiger partial charge in [0.15, 0.2) is 11.6 Å². The topological polar surface area (TPSA) is 194 Å². The molecule has 4 rings (SSSR count). The molecule has 42 heavy (non-hydrogen) atoms. The van der Waals surface area contributed by atoms with Gasteiger partial charge in [0.1, 0.15) is 10.9 Å². The number of halogens is 2. The van der Waals surface area contributed by atoms with Gasteiger partial charge in [-0.2, -0.15) is 8.42 Å². The van der Waals surface area contributed by atoms with Crippen LogP contribution in [-0.4, -0.2) is 73.1 Å². The zero-order chi connectivity index (χ0) is 30.4. The highest BCUT2D eigenvalue weighted by molar-refractivity contribution is 7.87. The van der Waals surface area contributed by atoms with Gasteiger partial charge in [0.25, 0.3) is 5.91 Å². The molecule has 1 atom stereocenters. The number of nitrogens with one attached hydrogen (secondary N) is 2. The van der Waals surface area contributed by atoms with Gasteiger partial charge in [0.2, 0.25) is 5.95 Å². The summed E-state index contributed by atoms with van der Waals surface area (Å²) in [4.78, 5) is 45.0. The number of carboxylic acid groups (broad SMARTS) is 1. The van der Waals surface area contributed by atoms with Crippen molar-refractivity contribution in [3.05, 3.63) is 77.6 Å². The summed E-state index contributed by atoms with van der Waals surface area (Å²) in [5.41, 5.74) is 4.78. The maximum atomic E-state index is 15.0. The number of rotatable bonds is 10. The average molecular weight is 605 g/mol. The smallest absolute Gasteiger partial charge is 0.341 e. The van der Waals surface area contributed by atoms with Crippen molar-refractivity contribution in [1.29, 1.82) is 0 Å². The second-order valence-corrected chi connectivity index (χ2v) is 10.8. The molecule has 5 N–H and O–H groups in total. The van der Waals surface area contributed by atoms with Crippen molar-refractivity contribution in [2.24, 2.45) is 5.73 Å². The maximum absolute atomic E-state index is 15.0. The Balaban J connectivity index is 1.31. The third-order valence-corrected chi connectivity index (χ3v) is 7.64. The van der Waals surface area contributed by atoms with Crippen LogP contribution in [0.5, 0.6) is 0 Å². The van der Waals surface area contributed by atoms with Gasteiger partial charge < -0.3 is 30.6 Å². The van der Waals surface area contributed by atoms with Crippen LogP contribution in [0.3, 0.4) is 0 Å². The number of nitrogens with zero attached hydrogens (tertiary/aromatic N) is 3. The number of hydrogen-bond acceptors (Lipinski definition) is 11. The minimum absolute atomic E-state index is 0.0136. The summed E-state index contributed by atoms with van der Waals surface area (Å²) in [5, 5.41) is 14.3. The molecule has 222 valence electrons. The van der Waals surface area contributed by atoms with Gasteiger partial charge in [-0.3, -0.25) is 4.79 Å². The first-order valence-electron chi connectivity index (χ1n) is 12.6. The maximum Gasteiger partial charge on any atom is 0.341 e. The lowest BCUT2D eigenvalue weighted by atomic mass is 10.0. The lowest BCUT2D eigenvalue weighted by Crippen LogP contribution is -2.44. The van der Waals surface area contributed by atoms with Crippen molar-refractivity contribution in [1.82, 2.24) is 15.3 Å². The average Bonchev–Trinajstić information content (AvgIpc) is 2.98. The van der Waals surface area contributed by atoms with E-state index in [0.29, 0.717) is 31.9 Å². The van der Waals surface area contributed by atoms with E-state index in [1.54, 1.807) is 23.4 Å². The van der Waals surface area contributed by atoms with E-state index in [4.69, 9.17) is 10.8 Å². The molecule has 1 fully saturated rings. The Morgan fingerprint density at radius 1 is 1.05 bits per heavy atom. The third-order valence-electron chi connectivity index (χ3n) is 6.41. The molecule has 1 saturated heterocycles. The number of piperidine rings is 1. The Labute approximate surface area is 238 Å². The van der Waals surface area contributed by atoms with Crippen molar-refractivity contribution < 1.29 is 40.9 Å². The summed E-state index contributed by atoms with van der Waals surface area (Å²) < 4.78 is 58.9. The second-order valence-electron chi connectivity index (χ2n) is 9.24. The number of nitrogens with two attached hydrogens (primary N) is 1. The van der Waals surface area contributed by atoms with Crippen LogP contribution in [-0.2, 0) is 19.1 Å². The number of hydrogen-bond donors (Lipinski definition) is 4. The summed E-state index contributed by atoms with van der Waals surface area (Å²) in [7, 11) is -4.64. The highest BCUT2D eigenvalue weighted by Crippen LogP contribution is 2.27. The molecule has 2 heterocycles. The van der Waals surface area contributed by atoms with Crippen molar-refractivity contribution in [3.8, 4) is 0 Å². The molecular formula is C26H26F2N6O7S. The van der Waals surface area contributed by atoms with Gasteiger partial charge in [0, 0.05) is 38.1 Å². The summed E-state index contributed by atoms with van der Waals surface area (Å²) >= 11 is 0. The summed E-state index contributed by atoms with van der Waals surface area (Å²) in [6.45, 7) is 0.172. The molecule has 1 aliphatic rings. The van der Waals surface area contributed by atoms with Gasteiger partial charge in [0.05, 0.1) is 16.8 Å². The lowest BCUT2D eigenvalue weighted by molar-refractivity contribution is -0.135. The molecule has 1 aliphatic heterocycles. The molecule has 0 aliphatic carbocycles. The van der Waals surface area contributed by atoms with Crippen LogP contribution >= 0.6 is 0 Å². The van der Waals surface area contributed by atoms with Crippen LogP contribution < -0.4 is 21.3 Å². The van der Waals surface area contributed by atoms with Crippen LogP contribution in [0.25, 0.3) is 0 Å². The second kappa shape index (κ2) is 12.9. The molecule has 0 saturated carbocycles. The minimum Gasteiger partial charge on any atom is -0.478 e. The highest BCUT2D eigenvalue weighted by Gasteiger charge is 2.28. The van der Waals surface area contributed by atoms with E-state index >= 15 is 0 Å². The number of carbonyl (C=O) groups is 3. The first-order chi connectivity index (χ1) is 20.0. The Morgan fingerprint density at radius 2 is 1.69 bits per heavy atom. The number of carboxylic acids is 1. The van der Waals surface area contributed by atoms with Gasteiger partial charge in [-0.05, 0) is 55.3 Å². The molecule has 0 unspecified atom stereocenters. The third kappa shape index (κ3) is 7.13. The summed E-state index contributed by atoms with van der Waals surface area (Å²) in [6.07, 6.45) is 4.44. The summed E-state index contributed by atoms with van der Waals surface area (Å²) in [5.74, 6) is -5.94. The molecule has 1 amide bonds.